The molecule has 8 heteroatoms. The van der Waals surface area contributed by atoms with Crippen LogP contribution in [0.25, 0.3) is 0 Å². The Balaban J connectivity index is 1.64. The van der Waals surface area contributed by atoms with Gasteiger partial charge in [-0.3, -0.25) is 14.7 Å². The Morgan fingerprint density at radius 2 is 2.07 bits per heavy atom. The van der Waals surface area contributed by atoms with E-state index in [2.05, 4.69) is 20.8 Å². The molecule has 3 atom stereocenters. The van der Waals surface area contributed by atoms with Gasteiger partial charge in [0.2, 0.25) is 11.8 Å². The molecule has 1 heterocycles. The van der Waals surface area contributed by atoms with Crippen molar-refractivity contribution >= 4 is 40.8 Å². The third-order valence-electron chi connectivity index (χ3n) is 4.61. The van der Waals surface area contributed by atoms with E-state index in [-0.39, 0.29) is 29.6 Å². The standard InChI is InChI=1S/C19H22Cl2N4O2/c1-10(2)8-15(19(27)24-16-6-7-22-25-16)23-18(26)13-9-12(13)11-4-3-5-14(20)17(11)21/h3-7,10,12-13,15H,8-9H2,1-2H3,(H,23,26)(H2,22,24,25,27)/t12-,13+,15-/m0/s1. The fraction of sp³-hybridized carbons (Fsp3) is 0.421. The first-order valence-electron chi connectivity index (χ1n) is 8.91. The zero-order valence-corrected chi connectivity index (χ0v) is 16.6. The summed E-state index contributed by atoms with van der Waals surface area (Å²) in [7, 11) is 0. The first-order chi connectivity index (χ1) is 12.9. The maximum Gasteiger partial charge on any atom is 0.248 e. The third kappa shape index (κ3) is 4.82. The minimum Gasteiger partial charge on any atom is -0.344 e. The van der Waals surface area contributed by atoms with Gasteiger partial charge in [-0.05, 0) is 36.3 Å². The third-order valence-corrected chi connectivity index (χ3v) is 5.44. The van der Waals surface area contributed by atoms with E-state index in [1.807, 2.05) is 26.0 Å². The fourth-order valence-corrected chi connectivity index (χ4v) is 3.61. The molecule has 3 rings (SSSR count). The summed E-state index contributed by atoms with van der Waals surface area (Å²) < 4.78 is 0. The van der Waals surface area contributed by atoms with Gasteiger partial charge in [0.25, 0.3) is 0 Å². The van der Waals surface area contributed by atoms with Crippen LogP contribution < -0.4 is 10.6 Å². The van der Waals surface area contributed by atoms with Crippen molar-refractivity contribution in [1.82, 2.24) is 15.5 Å². The molecule has 0 aliphatic heterocycles. The Morgan fingerprint density at radius 3 is 2.74 bits per heavy atom. The molecule has 2 aromatic rings. The van der Waals surface area contributed by atoms with Gasteiger partial charge in [-0.1, -0.05) is 49.2 Å². The highest BCUT2D eigenvalue weighted by Gasteiger charge is 2.45. The molecule has 0 bridgehead atoms. The molecule has 0 spiro atoms. The van der Waals surface area contributed by atoms with Crippen molar-refractivity contribution in [2.75, 3.05) is 5.32 Å². The summed E-state index contributed by atoms with van der Waals surface area (Å²) in [5.74, 6) is 0.182. The molecule has 1 saturated carbocycles. The Labute approximate surface area is 168 Å². The molecule has 1 aliphatic carbocycles. The van der Waals surface area contributed by atoms with Crippen molar-refractivity contribution in [2.45, 2.75) is 38.6 Å². The van der Waals surface area contributed by atoms with Crippen LogP contribution in [0.5, 0.6) is 0 Å². The van der Waals surface area contributed by atoms with E-state index in [1.165, 1.54) is 0 Å². The fourth-order valence-electron chi connectivity index (χ4n) is 3.16. The monoisotopic (exact) mass is 408 g/mol. The number of hydrogen-bond acceptors (Lipinski definition) is 3. The molecule has 1 aromatic carbocycles. The average Bonchev–Trinajstić information content (AvgIpc) is 3.24. The molecule has 6 nitrogen and oxygen atoms in total. The van der Waals surface area contributed by atoms with Crippen LogP contribution in [-0.2, 0) is 9.59 Å². The number of nitrogens with one attached hydrogen (secondary N) is 3. The molecule has 1 aliphatic rings. The number of nitrogens with zero attached hydrogens (tertiary/aromatic N) is 1. The summed E-state index contributed by atoms with van der Waals surface area (Å²) in [6, 6.07) is 6.49. The lowest BCUT2D eigenvalue weighted by Crippen LogP contribution is -2.45. The second-order valence-corrected chi connectivity index (χ2v) is 8.03. The van der Waals surface area contributed by atoms with Crippen LogP contribution in [0, 0.1) is 11.8 Å². The number of carbonyl (C=O) groups excluding carboxylic acids is 2. The van der Waals surface area contributed by atoms with Crippen LogP contribution in [-0.4, -0.2) is 28.1 Å². The van der Waals surface area contributed by atoms with Crippen molar-refractivity contribution in [3.8, 4) is 0 Å². The van der Waals surface area contributed by atoms with Crippen LogP contribution in [0.1, 0.15) is 38.2 Å². The average molecular weight is 409 g/mol. The van der Waals surface area contributed by atoms with E-state index in [0.717, 1.165) is 5.56 Å². The Hall–Kier alpha value is -2.05. The molecule has 0 radical (unpaired) electrons. The summed E-state index contributed by atoms with van der Waals surface area (Å²) in [5.41, 5.74) is 0.881. The van der Waals surface area contributed by atoms with Crippen molar-refractivity contribution < 1.29 is 9.59 Å². The normalized spacial score (nSPS) is 19.6. The van der Waals surface area contributed by atoms with Crippen molar-refractivity contribution in [2.24, 2.45) is 11.8 Å². The molecule has 0 unspecified atom stereocenters. The Bertz CT molecular complexity index is 823. The van der Waals surface area contributed by atoms with E-state index in [4.69, 9.17) is 23.2 Å². The lowest BCUT2D eigenvalue weighted by molar-refractivity contribution is -0.127. The smallest absolute Gasteiger partial charge is 0.248 e. The second kappa shape index (κ2) is 8.31. The molecular weight excluding hydrogens is 387 g/mol. The van der Waals surface area contributed by atoms with Crippen molar-refractivity contribution in [3.05, 3.63) is 46.1 Å². The Kier molecular flexibility index (Phi) is 6.07. The van der Waals surface area contributed by atoms with Gasteiger partial charge in [0, 0.05) is 12.0 Å². The molecule has 2 amide bonds. The maximum absolute atomic E-state index is 12.7. The van der Waals surface area contributed by atoms with Gasteiger partial charge in [-0.15, -0.1) is 0 Å². The van der Waals surface area contributed by atoms with Crippen molar-refractivity contribution in [1.29, 1.82) is 0 Å². The molecule has 1 fully saturated rings. The van der Waals surface area contributed by atoms with Gasteiger partial charge in [-0.25, -0.2) is 0 Å². The van der Waals surface area contributed by atoms with Gasteiger partial charge in [0.1, 0.15) is 11.9 Å². The predicted molar refractivity (Wildman–Crippen MR) is 106 cm³/mol. The number of benzene rings is 1. The van der Waals surface area contributed by atoms with E-state index in [1.54, 1.807) is 18.3 Å². The summed E-state index contributed by atoms with van der Waals surface area (Å²) in [5, 5.41) is 13.1. The molecule has 3 N–H and O–H groups in total. The van der Waals surface area contributed by atoms with Gasteiger partial charge in [0.05, 0.1) is 16.2 Å². The number of amides is 2. The summed E-state index contributed by atoms with van der Waals surface area (Å²) in [6.07, 6.45) is 2.79. The lowest BCUT2D eigenvalue weighted by Gasteiger charge is -2.20. The highest BCUT2D eigenvalue weighted by molar-refractivity contribution is 6.42. The minimum absolute atomic E-state index is 0.0339. The molecular formula is C19H22Cl2N4O2. The lowest BCUT2D eigenvalue weighted by atomic mass is 10.0. The van der Waals surface area contributed by atoms with Gasteiger partial charge >= 0.3 is 0 Å². The number of H-pyrrole nitrogens is 1. The highest BCUT2D eigenvalue weighted by Crippen LogP contribution is 2.50. The number of aromatic nitrogens is 2. The topological polar surface area (TPSA) is 86.9 Å². The van der Waals surface area contributed by atoms with Crippen LogP contribution in [0.2, 0.25) is 10.0 Å². The summed E-state index contributed by atoms with van der Waals surface area (Å²) in [6.45, 7) is 4.02. The van der Waals surface area contributed by atoms with Crippen LogP contribution >= 0.6 is 23.2 Å². The number of halogens is 2. The first-order valence-corrected chi connectivity index (χ1v) is 9.67. The Morgan fingerprint density at radius 1 is 1.30 bits per heavy atom. The van der Waals surface area contributed by atoms with Gasteiger partial charge < -0.3 is 10.6 Å². The zero-order chi connectivity index (χ0) is 19.6. The van der Waals surface area contributed by atoms with E-state index in [9.17, 15) is 9.59 Å². The van der Waals surface area contributed by atoms with Crippen LogP contribution in [0.15, 0.2) is 30.5 Å². The van der Waals surface area contributed by atoms with E-state index >= 15 is 0 Å². The van der Waals surface area contributed by atoms with Gasteiger partial charge in [-0.2, -0.15) is 5.10 Å². The minimum atomic E-state index is -0.614. The van der Waals surface area contributed by atoms with E-state index < -0.39 is 6.04 Å². The number of carbonyl (C=O) groups is 2. The van der Waals surface area contributed by atoms with E-state index in [0.29, 0.717) is 28.7 Å². The van der Waals surface area contributed by atoms with Gasteiger partial charge in [0.15, 0.2) is 0 Å². The predicted octanol–water partition coefficient (Wildman–Crippen LogP) is 3.99. The summed E-state index contributed by atoms with van der Waals surface area (Å²) in [4.78, 5) is 25.3. The van der Waals surface area contributed by atoms with Crippen LogP contribution in [0.4, 0.5) is 5.82 Å². The maximum atomic E-state index is 12.7. The van der Waals surface area contributed by atoms with Crippen molar-refractivity contribution in [3.63, 3.8) is 0 Å². The molecule has 0 saturated heterocycles. The quantitative estimate of drug-likeness (QED) is 0.646. The largest absolute Gasteiger partial charge is 0.344 e. The van der Waals surface area contributed by atoms with Crippen LogP contribution in [0.3, 0.4) is 0 Å². The number of anilines is 1. The number of hydrogen-bond donors (Lipinski definition) is 3. The molecule has 144 valence electrons. The molecule has 27 heavy (non-hydrogen) atoms. The second-order valence-electron chi connectivity index (χ2n) is 7.24. The first kappa shape index (κ1) is 19.7. The molecule has 1 aromatic heterocycles. The highest BCUT2D eigenvalue weighted by atomic mass is 35.5. The number of aromatic amines is 1. The SMILES string of the molecule is CC(C)C[C@H](NC(=O)[C@@H]1C[C@H]1c1cccc(Cl)c1Cl)C(=O)Nc1ccn[nH]1. The number of rotatable bonds is 7. The zero-order valence-electron chi connectivity index (χ0n) is 15.1. The summed E-state index contributed by atoms with van der Waals surface area (Å²) >= 11 is 12.3.